The molecule has 0 amide bonds. The van der Waals surface area contributed by atoms with Crippen LogP contribution in [0.5, 0.6) is 0 Å². The third-order valence-corrected chi connectivity index (χ3v) is 1.48. The van der Waals surface area contributed by atoms with E-state index in [4.69, 9.17) is 0 Å². The van der Waals surface area contributed by atoms with Crippen molar-refractivity contribution in [3.63, 3.8) is 0 Å². The molecule has 0 rings (SSSR count). The Morgan fingerprint density at radius 3 is 2.11 bits per heavy atom. The summed E-state index contributed by atoms with van der Waals surface area (Å²) in [6.07, 6.45) is -1.52. The number of hydrogen-bond donors (Lipinski definition) is 0. The Morgan fingerprint density at radius 2 is 2.00 bits per heavy atom. The normalized spacial score (nSPS) is 15.4. The van der Waals surface area contributed by atoms with Crippen LogP contribution in [-0.4, -0.2) is 20.3 Å². The van der Waals surface area contributed by atoms with E-state index in [1.54, 1.807) is 0 Å². The Bertz CT molecular complexity index is 161. The van der Waals surface area contributed by atoms with Crippen molar-refractivity contribution < 1.29 is 16.7 Å². The van der Waals surface area contributed by atoms with Gasteiger partial charge in [0.05, 0.1) is 11.9 Å². The smallest absolute Gasteiger partial charge is 0.248 e. The lowest BCUT2D eigenvalue weighted by molar-refractivity contribution is 0.351. The fourth-order valence-electron chi connectivity index (χ4n) is 0.303. The third-order valence-electron chi connectivity index (χ3n) is 0.759. The van der Waals surface area contributed by atoms with Gasteiger partial charge in [-0.1, -0.05) is 0 Å². The first-order chi connectivity index (χ1) is 3.92. The lowest BCUT2D eigenvalue weighted by Crippen LogP contribution is -2.04. The maximum Gasteiger partial charge on any atom is 0.302 e. The first kappa shape index (κ1) is 8.81. The average Bonchev–Trinajstić information content (AvgIpc) is 1.59. The molecule has 0 saturated heterocycles. The molecule has 0 radical (unpaired) electrons. The number of hydrogen-bond acceptors (Lipinski definition) is 2. The van der Waals surface area contributed by atoms with Crippen LogP contribution < -0.4 is 0 Å². The molecule has 0 bridgehead atoms. The topological polar surface area (TPSA) is 34.1 Å². The van der Waals surface area contributed by atoms with Crippen LogP contribution in [0.15, 0.2) is 0 Å². The van der Waals surface area contributed by atoms with Crippen molar-refractivity contribution in [2.75, 3.05) is 5.75 Å². The van der Waals surface area contributed by atoms with Crippen LogP contribution in [0.1, 0.15) is 13.3 Å². The van der Waals surface area contributed by atoms with Gasteiger partial charge in [-0.3, -0.25) is 0 Å². The Morgan fingerprint density at radius 1 is 1.56 bits per heavy atom. The van der Waals surface area contributed by atoms with Crippen molar-refractivity contribution in [2.45, 2.75) is 19.5 Å². The highest BCUT2D eigenvalue weighted by Crippen LogP contribution is 2.00. The largest absolute Gasteiger partial charge is 0.302 e. The summed E-state index contributed by atoms with van der Waals surface area (Å²) in [5, 5.41) is 0. The molecule has 0 heterocycles. The van der Waals surface area contributed by atoms with Gasteiger partial charge >= 0.3 is 10.2 Å². The second-order valence-corrected chi connectivity index (χ2v) is 3.30. The molecule has 0 N–H and O–H groups in total. The lowest BCUT2D eigenvalue weighted by Gasteiger charge is -1.95. The number of halogens is 2. The van der Waals surface area contributed by atoms with Gasteiger partial charge in [-0.2, -0.15) is 8.42 Å². The average molecular weight is 158 g/mol. The second kappa shape index (κ2) is 3.10. The molecule has 0 spiro atoms. The van der Waals surface area contributed by atoms with E-state index in [-0.39, 0.29) is 6.42 Å². The van der Waals surface area contributed by atoms with Crippen molar-refractivity contribution in [3.8, 4) is 0 Å². The SMILES string of the molecule is C[C@@H](F)CCS(=O)(=O)F. The van der Waals surface area contributed by atoms with E-state index >= 15 is 0 Å². The summed E-state index contributed by atoms with van der Waals surface area (Å²) in [5.41, 5.74) is 0. The zero-order valence-corrected chi connectivity index (χ0v) is 5.79. The number of rotatable bonds is 3. The lowest BCUT2D eigenvalue weighted by atomic mass is 10.3. The van der Waals surface area contributed by atoms with Gasteiger partial charge in [0.25, 0.3) is 0 Å². The van der Waals surface area contributed by atoms with Crippen LogP contribution in [0.25, 0.3) is 0 Å². The van der Waals surface area contributed by atoms with Crippen LogP contribution in [0.3, 0.4) is 0 Å². The van der Waals surface area contributed by atoms with Gasteiger partial charge in [-0.25, -0.2) is 4.39 Å². The minimum atomic E-state index is -4.46. The summed E-state index contributed by atoms with van der Waals surface area (Å²) in [6.45, 7) is 1.19. The molecule has 0 unspecified atom stereocenters. The highest BCUT2D eigenvalue weighted by molar-refractivity contribution is 7.86. The first-order valence-electron chi connectivity index (χ1n) is 2.48. The summed E-state index contributed by atoms with van der Waals surface area (Å²) in [7, 11) is -4.46. The molecule has 0 saturated carbocycles. The molecule has 2 nitrogen and oxygen atoms in total. The molecular formula is C4H8F2O2S. The standard InChI is InChI=1S/C4H8F2O2S/c1-4(5)2-3-9(6,7)8/h4H,2-3H2,1H3/t4-/m1/s1. The summed E-state index contributed by atoms with van der Waals surface area (Å²) < 4.78 is 42.8. The fourth-order valence-corrected chi connectivity index (χ4v) is 0.909. The zero-order valence-electron chi connectivity index (χ0n) is 4.97. The maximum absolute atomic E-state index is 11.8. The molecule has 0 aromatic carbocycles. The van der Waals surface area contributed by atoms with Crippen LogP contribution in [0.4, 0.5) is 8.28 Å². The van der Waals surface area contributed by atoms with Crippen molar-refractivity contribution in [1.82, 2.24) is 0 Å². The van der Waals surface area contributed by atoms with Crippen molar-refractivity contribution >= 4 is 10.2 Å². The van der Waals surface area contributed by atoms with Gasteiger partial charge < -0.3 is 0 Å². The van der Waals surface area contributed by atoms with E-state index in [1.807, 2.05) is 0 Å². The minimum absolute atomic E-state index is 0.265. The highest BCUT2D eigenvalue weighted by atomic mass is 32.3. The van der Waals surface area contributed by atoms with Gasteiger partial charge in [0.2, 0.25) is 0 Å². The summed E-state index contributed by atoms with van der Waals surface area (Å²) in [6, 6.07) is 0. The summed E-state index contributed by atoms with van der Waals surface area (Å²) >= 11 is 0. The predicted octanol–water partition coefficient (Wildman–Crippen LogP) is 1.03. The molecular weight excluding hydrogens is 150 g/mol. The van der Waals surface area contributed by atoms with E-state index in [2.05, 4.69) is 0 Å². The second-order valence-electron chi connectivity index (χ2n) is 1.81. The van der Waals surface area contributed by atoms with E-state index < -0.39 is 22.1 Å². The molecule has 0 aliphatic rings. The quantitative estimate of drug-likeness (QED) is 0.575. The number of alkyl halides is 1. The van der Waals surface area contributed by atoms with Crippen molar-refractivity contribution in [3.05, 3.63) is 0 Å². The fraction of sp³-hybridized carbons (Fsp3) is 1.00. The zero-order chi connectivity index (χ0) is 7.49. The molecule has 9 heavy (non-hydrogen) atoms. The van der Waals surface area contributed by atoms with E-state index in [1.165, 1.54) is 6.92 Å². The molecule has 0 aliphatic carbocycles. The molecule has 0 aromatic rings. The van der Waals surface area contributed by atoms with E-state index in [0.29, 0.717) is 0 Å². The molecule has 0 aromatic heterocycles. The minimum Gasteiger partial charge on any atom is -0.248 e. The van der Waals surface area contributed by atoms with E-state index in [9.17, 15) is 16.7 Å². The van der Waals surface area contributed by atoms with E-state index in [0.717, 1.165) is 0 Å². The highest BCUT2D eigenvalue weighted by Gasteiger charge is 2.08. The maximum atomic E-state index is 11.8. The van der Waals surface area contributed by atoms with Crippen LogP contribution in [-0.2, 0) is 10.2 Å². The Hall–Kier alpha value is -0.190. The van der Waals surface area contributed by atoms with Crippen molar-refractivity contribution in [2.24, 2.45) is 0 Å². The van der Waals surface area contributed by atoms with Gasteiger partial charge in [-0.15, -0.1) is 3.89 Å². The van der Waals surface area contributed by atoms with Gasteiger partial charge in [0.1, 0.15) is 0 Å². The third kappa shape index (κ3) is 7.81. The van der Waals surface area contributed by atoms with Gasteiger partial charge in [0, 0.05) is 0 Å². The monoisotopic (exact) mass is 158 g/mol. The predicted molar refractivity (Wildman–Crippen MR) is 30.1 cm³/mol. The molecule has 56 valence electrons. The van der Waals surface area contributed by atoms with Crippen LogP contribution >= 0.6 is 0 Å². The summed E-state index contributed by atoms with van der Waals surface area (Å²) in [5.74, 6) is -0.718. The first-order valence-corrected chi connectivity index (χ1v) is 4.03. The van der Waals surface area contributed by atoms with Crippen LogP contribution in [0.2, 0.25) is 0 Å². The van der Waals surface area contributed by atoms with Crippen molar-refractivity contribution in [1.29, 1.82) is 0 Å². The molecule has 0 aliphatic heterocycles. The summed E-state index contributed by atoms with van der Waals surface area (Å²) in [4.78, 5) is 0. The Kier molecular flexibility index (Phi) is 3.03. The molecule has 5 heteroatoms. The van der Waals surface area contributed by atoms with Crippen LogP contribution in [0, 0.1) is 0 Å². The Labute approximate surface area is 53.1 Å². The molecule has 1 atom stereocenters. The van der Waals surface area contributed by atoms with Gasteiger partial charge in [-0.05, 0) is 13.3 Å². The molecule has 0 fully saturated rings. The van der Waals surface area contributed by atoms with Gasteiger partial charge in [0.15, 0.2) is 0 Å². The Balaban J connectivity index is 3.53.